The molecule has 0 aromatic rings. The number of nitrogens with one attached hydrogen (secondary N) is 1. The van der Waals surface area contributed by atoms with Gasteiger partial charge in [-0.15, -0.1) is 0 Å². The molecule has 12 heavy (non-hydrogen) atoms. The molecule has 0 amide bonds. The van der Waals surface area contributed by atoms with Crippen molar-refractivity contribution < 1.29 is 0 Å². The van der Waals surface area contributed by atoms with Crippen molar-refractivity contribution in [2.45, 2.75) is 45.6 Å². The highest BCUT2D eigenvalue weighted by molar-refractivity contribution is 4.94. The van der Waals surface area contributed by atoms with Crippen molar-refractivity contribution in [2.24, 2.45) is 17.8 Å². The van der Waals surface area contributed by atoms with Gasteiger partial charge >= 0.3 is 0 Å². The Kier molecular flexibility index (Phi) is 2.40. The Balaban J connectivity index is 1.87. The second-order valence-corrected chi connectivity index (χ2v) is 4.60. The van der Waals surface area contributed by atoms with Crippen molar-refractivity contribution >= 4 is 0 Å². The molecule has 2 rings (SSSR count). The fourth-order valence-electron chi connectivity index (χ4n) is 2.94. The molecule has 2 aliphatic carbocycles. The van der Waals surface area contributed by atoms with Crippen LogP contribution < -0.4 is 5.32 Å². The van der Waals surface area contributed by atoms with Crippen LogP contribution in [-0.4, -0.2) is 12.6 Å². The highest BCUT2D eigenvalue weighted by Gasteiger charge is 2.41. The SMILES string of the molecule is CCNC1CCC(C2CC2)C1C. The van der Waals surface area contributed by atoms with Crippen LogP contribution in [0, 0.1) is 17.8 Å². The standard InChI is InChI=1S/C11H21N/c1-3-12-11-7-6-10(8(11)2)9-4-5-9/h8-12H,3-7H2,1-2H3. The predicted molar refractivity (Wildman–Crippen MR) is 52.1 cm³/mol. The van der Waals surface area contributed by atoms with E-state index in [1.54, 1.807) is 0 Å². The molecule has 3 atom stereocenters. The summed E-state index contributed by atoms with van der Waals surface area (Å²) in [5.41, 5.74) is 0. The molecule has 70 valence electrons. The molecule has 0 radical (unpaired) electrons. The molecule has 0 heterocycles. The van der Waals surface area contributed by atoms with Gasteiger partial charge in [-0.1, -0.05) is 13.8 Å². The molecule has 1 nitrogen and oxygen atoms in total. The lowest BCUT2D eigenvalue weighted by Gasteiger charge is -2.20. The Bertz CT molecular complexity index is 151. The third kappa shape index (κ3) is 1.52. The molecule has 0 bridgehead atoms. The first-order valence-corrected chi connectivity index (χ1v) is 5.56. The number of hydrogen-bond acceptors (Lipinski definition) is 1. The van der Waals surface area contributed by atoms with Crippen LogP contribution in [0.3, 0.4) is 0 Å². The van der Waals surface area contributed by atoms with E-state index in [4.69, 9.17) is 0 Å². The quantitative estimate of drug-likeness (QED) is 0.680. The summed E-state index contributed by atoms with van der Waals surface area (Å²) >= 11 is 0. The summed E-state index contributed by atoms with van der Waals surface area (Å²) in [6.45, 7) is 5.81. The molecule has 0 aliphatic heterocycles. The Morgan fingerprint density at radius 1 is 1.17 bits per heavy atom. The van der Waals surface area contributed by atoms with Gasteiger partial charge in [-0.25, -0.2) is 0 Å². The Labute approximate surface area is 75.9 Å². The monoisotopic (exact) mass is 167 g/mol. The molecule has 0 aromatic carbocycles. The van der Waals surface area contributed by atoms with Crippen LogP contribution in [0.1, 0.15) is 39.5 Å². The van der Waals surface area contributed by atoms with Crippen molar-refractivity contribution in [3.05, 3.63) is 0 Å². The van der Waals surface area contributed by atoms with Crippen LogP contribution in [0.5, 0.6) is 0 Å². The highest BCUT2D eigenvalue weighted by atomic mass is 14.9. The van der Waals surface area contributed by atoms with E-state index in [0.717, 1.165) is 30.3 Å². The molecule has 2 saturated carbocycles. The lowest BCUT2D eigenvalue weighted by atomic mass is 9.91. The fourth-order valence-corrected chi connectivity index (χ4v) is 2.94. The first kappa shape index (κ1) is 8.55. The van der Waals surface area contributed by atoms with Crippen LogP contribution in [0.25, 0.3) is 0 Å². The summed E-state index contributed by atoms with van der Waals surface area (Å²) < 4.78 is 0. The van der Waals surface area contributed by atoms with Gasteiger partial charge < -0.3 is 5.32 Å². The van der Waals surface area contributed by atoms with Crippen molar-refractivity contribution in [1.29, 1.82) is 0 Å². The summed E-state index contributed by atoms with van der Waals surface area (Å²) in [7, 11) is 0. The smallest absolute Gasteiger partial charge is 0.00954 e. The third-order valence-electron chi connectivity index (χ3n) is 3.81. The Hall–Kier alpha value is -0.0400. The molecule has 3 unspecified atom stereocenters. The lowest BCUT2D eigenvalue weighted by Crippen LogP contribution is -2.32. The number of hydrogen-bond donors (Lipinski definition) is 1. The van der Waals surface area contributed by atoms with E-state index in [0.29, 0.717) is 0 Å². The van der Waals surface area contributed by atoms with E-state index >= 15 is 0 Å². The van der Waals surface area contributed by atoms with E-state index in [1.165, 1.54) is 25.7 Å². The van der Waals surface area contributed by atoms with Crippen LogP contribution in [0.2, 0.25) is 0 Å². The van der Waals surface area contributed by atoms with Crippen LogP contribution in [0.15, 0.2) is 0 Å². The van der Waals surface area contributed by atoms with E-state index in [9.17, 15) is 0 Å². The van der Waals surface area contributed by atoms with Gasteiger partial charge in [0.05, 0.1) is 0 Å². The van der Waals surface area contributed by atoms with Gasteiger partial charge in [0.2, 0.25) is 0 Å². The Morgan fingerprint density at radius 3 is 2.50 bits per heavy atom. The maximum atomic E-state index is 3.61. The minimum atomic E-state index is 0.834. The summed E-state index contributed by atoms with van der Waals surface area (Å²) in [5, 5.41) is 3.61. The van der Waals surface area contributed by atoms with Gasteiger partial charge in [0.25, 0.3) is 0 Å². The van der Waals surface area contributed by atoms with Gasteiger partial charge in [0.15, 0.2) is 0 Å². The molecule has 0 spiro atoms. The average Bonchev–Trinajstić information content (AvgIpc) is 2.82. The lowest BCUT2D eigenvalue weighted by molar-refractivity contribution is 0.326. The normalized spacial score (nSPS) is 42.0. The van der Waals surface area contributed by atoms with Crippen LogP contribution >= 0.6 is 0 Å². The maximum absolute atomic E-state index is 3.61. The molecule has 0 saturated heterocycles. The third-order valence-corrected chi connectivity index (χ3v) is 3.81. The molecule has 2 aliphatic rings. The molecule has 0 aromatic heterocycles. The summed E-state index contributed by atoms with van der Waals surface area (Å²) in [5.74, 6) is 3.12. The minimum absolute atomic E-state index is 0.834. The van der Waals surface area contributed by atoms with Gasteiger partial charge in [0.1, 0.15) is 0 Å². The van der Waals surface area contributed by atoms with Gasteiger partial charge in [-0.05, 0) is 50.0 Å². The molecular weight excluding hydrogens is 146 g/mol. The van der Waals surface area contributed by atoms with Crippen molar-refractivity contribution in [1.82, 2.24) is 5.32 Å². The fraction of sp³-hybridized carbons (Fsp3) is 1.00. The van der Waals surface area contributed by atoms with Gasteiger partial charge in [-0.2, -0.15) is 0 Å². The van der Waals surface area contributed by atoms with Crippen molar-refractivity contribution in [3.63, 3.8) is 0 Å². The predicted octanol–water partition coefficient (Wildman–Crippen LogP) is 2.42. The zero-order chi connectivity index (χ0) is 8.55. The van der Waals surface area contributed by atoms with E-state index in [-0.39, 0.29) is 0 Å². The van der Waals surface area contributed by atoms with E-state index in [1.807, 2.05) is 0 Å². The summed E-state index contributed by atoms with van der Waals surface area (Å²) in [4.78, 5) is 0. The molecular formula is C11H21N. The van der Waals surface area contributed by atoms with Crippen molar-refractivity contribution in [2.75, 3.05) is 6.54 Å². The average molecular weight is 167 g/mol. The maximum Gasteiger partial charge on any atom is 0.00954 e. The number of rotatable bonds is 3. The Morgan fingerprint density at radius 2 is 1.92 bits per heavy atom. The topological polar surface area (TPSA) is 12.0 Å². The van der Waals surface area contributed by atoms with E-state index in [2.05, 4.69) is 19.2 Å². The first-order valence-electron chi connectivity index (χ1n) is 5.56. The molecule has 1 N–H and O–H groups in total. The summed E-state index contributed by atoms with van der Waals surface area (Å²) in [6, 6.07) is 0.834. The van der Waals surface area contributed by atoms with Crippen LogP contribution in [0.4, 0.5) is 0 Å². The first-order chi connectivity index (χ1) is 5.83. The van der Waals surface area contributed by atoms with Gasteiger partial charge in [0, 0.05) is 6.04 Å². The van der Waals surface area contributed by atoms with Crippen molar-refractivity contribution in [3.8, 4) is 0 Å². The van der Waals surface area contributed by atoms with E-state index < -0.39 is 0 Å². The molecule has 1 heteroatoms. The van der Waals surface area contributed by atoms with Gasteiger partial charge in [-0.3, -0.25) is 0 Å². The highest BCUT2D eigenvalue weighted by Crippen LogP contribution is 2.47. The zero-order valence-corrected chi connectivity index (χ0v) is 8.34. The second kappa shape index (κ2) is 3.37. The second-order valence-electron chi connectivity index (χ2n) is 4.60. The van der Waals surface area contributed by atoms with Crippen LogP contribution in [-0.2, 0) is 0 Å². The summed E-state index contributed by atoms with van der Waals surface area (Å²) in [6.07, 6.45) is 5.96. The zero-order valence-electron chi connectivity index (χ0n) is 8.34. The molecule has 2 fully saturated rings. The largest absolute Gasteiger partial charge is 0.314 e. The minimum Gasteiger partial charge on any atom is -0.314 e.